The van der Waals surface area contributed by atoms with Crippen LogP contribution in [-0.2, 0) is 9.53 Å². The van der Waals surface area contributed by atoms with Gasteiger partial charge < -0.3 is 10.1 Å². The molecule has 0 radical (unpaired) electrons. The number of carbonyl (C=O) groups excluding carboxylic acids is 2. The summed E-state index contributed by atoms with van der Waals surface area (Å²) < 4.78 is 5.29. The Morgan fingerprint density at radius 2 is 1.96 bits per heavy atom. The molecule has 1 fully saturated rings. The lowest BCUT2D eigenvalue weighted by Gasteiger charge is -2.11. The van der Waals surface area contributed by atoms with Gasteiger partial charge in [0.1, 0.15) is 11.1 Å². The molecular formula is C19H24Cl2N2O3. The second-order valence-corrected chi connectivity index (χ2v) is 8.16. The molecule has 0 saturated heterocycles. The standard InChI is InChI=1S/C19H24Cl2N2O3/c1-11-5-6-12(2)14(9-11)23-18(25)26-8-7-22-17(24)16-13(10-15(20)21)19(16,3)4/h5-6,9-10,13,16H,7-8H2,1-4H3,(H,22,24)(H,23,25)/t13-,16-/m0/s1. The van der Waals surface area contributed by atoms with Crippen molar-refractivity contribution in [3.05, 3.63) is 39.9 Å². The van der Waals surface area contributed by atoms with Gasteiger partial charge in [0.15, 0.2) is 0 Å². The van der Waals surface area contributed by atoms with Crippen LogP contribution in [0.3, 0.4) is 0 Å². The van der Waals surface area contributed by atoms with E-state index in [1.165, 1.54) is 0 Å². The van der Waals surface area contributed by atoms with Crippen LogP contribution in [0.15, 0.2) is 28.8 Å². The SMILES string of the molecule is Cc1ccc(C)c(NC(=O)OCCNC(=O)[C@@H]2[C@H](C=C(Cl)Cl)C2(C)C)c1. The zero-order chi connectivity index (χ0) is 19.5. The Morgan fingerprint density at radius 1 is 1.27 bits per heavy atom. The van der Waals surface area contributed by atoms with Gasteiger partial charge in [-0.15, -0.1) is 0 Å². The van der Waals surface area contributed by atoms with Crippen molar-refractivity contribution in [3.63, 3.8) is 0 Å². The van der Waals surface area contributed by atoms with Crippen molar-refractivity contribution >= 4 is 40.9 Å². The number of anilines is 1. The van der Waals surface area contributed by atoms with Gasteiger partial charge in [0.05, 0.1) is 12.5 Å². The molecule has 0 bridgehead atoms. The highest BCUT2D eigenvalue weighted by Gasteiger charge is 2.60. The predicted octanol–water partition coefficient (Wildman–Crippen LogP) is 4.56. The predicted molar refractivity (Wildman–Crippen MR) is 104 cm³/mol. The molecule has 2 N–H and O–H groups in total. The fraction of sp³-hybridized carbons (Fsp3) is 0.474. The van der Waals surface area contributed by atoms with Crippen molar-refractivity contribution < 1.29 is 14.3 Å². The summed E-state index contributed by atoms with van der Waals surface area (Å²) in [6.45, 7) is 8.17. The fourth-order valence-electron chi connectivity index (χ4n) is 3.07. The van der Waals surface area contributed by atoms with Gasteiger partial charge in [-0.3, -0.25) is 10.1 Å². The van der Waals surface area contributed by atoms with Gasteiger partial charge in [0.2, 0.25) is 5.91 Å². The number of hydrogen-bond acceptors (Lipinski definition) is 3. The summed E-state index contributed by atoms with van der Waals surface area (Å²) in [4.78, 5) is 24.1. The van der Waals surface area contributed by atoms with Crippen LogP contribution in [0.4, 0.5) is 10.5 Å². The second-order valence-electron chi connectivity index (χ2n) is 7.15. The first-order valence-corrected chi connectivity index (χ1v) is 9.20. The molecule has 0 spiro atoms. The number of nitrogens with one attached hydrogen (secondary N) is 2. The van der Waals surface area contributed by atoms with Gasteiger partial charge in [-0.2, -0.15) is 0 Å². The molecule has 1 aliphatic rings. The maximum Gasteiger partial charge on any atom is 0.411 e. The Morgan fingerprint density at radius 3 is 2.62 bits per heavy atom. The van der Waals surface area contributed by atoms with Crippen LogP contribution < -0.4 is 10.6 Å². The average molecular weight is 399 g/mol. The van der Waals surface area contributed by atoms with Crippen molar-refractivity contribution in [3.8, 4) is 0 Å². The zero-order valence-corrected chi connectivity index (χ0v) is 16.9. The summed E-state index contributed by atoms with van der Waals surface area (Å²) in [6, 6.07) is 5.78. The molecule has 1 aromatic carbocycles. The monoisotopic (exact) mass is 398 g/mol. The molecule has 0 heterocycles. The van der Waals surface area contributed by atoms with Gasteiger partial charge >= 0.3 is 6.09 Å². The van der Waals surface area contributed by atoms with Crippen molar-refractivity contribution in [1.29, 1.82) is 0 Å². The maximum absolute atomic E-state index is 12.2. The van der Waals surface area contributed by atoms with Crippen LogP contribution in [0.2, 0.25) is 0 Å². The molecule has 7 heteroatoms. The van der Waals surface area contributed by atoms with E-state index in [1.807, 2.05) is 45.9 Å². The summed E-state index contributed by atoms with van der Waals surface area (Å²) in [5.74, 6) is -0.260. The van der Waals surface area contributed by atoms with E-state index in [0.717, 1.165) is 11.1 Å². The van der Waals surface area contributed by atoms with Gasteiger partial charge in [0.25, 0.3) is 0 Å². The van der Waals surface area contributed by atoms with Crippen LogP contribution in [0.1, 0.15) is 25.0 Å². The number of hydrogen-bond donors (Lipinski definition) is 2. The van der Waals surface area contributed by atoms with Crippen LogP contribution in [-0.4, -0.2) is 25.2 Å². The Bertz CT molecular complexity index is 727. The van der Waals surface area contributed by atoms with E-state index in [4.69, 9.17) is 27.9 Å². The molecule has 1 saturated carbocycles. The Kier molecular flexibility index (Phi) is 6.58. The van der Waals surface area contributed by atoms with Gasteiger partial charge in [-0.25, -0.2) is 4.79 Å². The smallest absolute Gasteiger partial charge is 0.411 e. The van der Waals surface area contributed by atoms with E-state index in [0.29, 0.717) is 5.69 Å². The Labute approximate surface area is 164 Å². The van der Waals surface area contributed by atoms with Crippen LogP contribution in [0, 0.1) is 31.1 Å². The second kappa shape index (κ2) is 8.31. The first-order chi connectivity index (χ1) is 12.1. The van der Waals surface area contributed by atoms with Crippen molar-refractivity contribution in [2.45, 2.75) is 27.7 Å². The minimum absolute atomic E-state index is 0.0148. The van der Waals surface area contributed by atoms with Crippen molar-refractivity contribution in [1.82, 2.24) is 5.32 Å². The van der Waals surface area contributed by atoms with E-state index in [2.05, 4.69) is 10.6 Å². The molecule has 26 heavy (non-hydrogen) atoms. The largest absolute Gasteiger partial charge is 0.447 e. The molecule has 1 aliphatic carbocycles. The maximum atomic E-state index is 12.2. The first kappa shape index (κ1) is 20.6. The topological polar surface area (TPSA) is 67.4 Å². The lowest BCUT2D eigenvalue weighted by Crippen LogP contribution is -2.31. The number of rotatable bonds is 6. The Hall–Kier alpha value is -1.72. The number of ether oxygens (including phenoxy) is 1. The van der Waals surface area contributed by atoms with E-state index in [9.17, 15) is 9.59 Å². The lowest BCUT2D eigenvalue weighted by atomic mass is 10.1. The fourth-order valence-corrected chi connectivity index (χ4v) is 3.34. The van der Waals surface area contributed by atoms with E-state index < -0.39 is 6.09 Å². The molecule has 5 nitrogen and oxygen atoms in total. The number of carbonyl (C=O) groups is 2. The molecule has 0 aliphatic heterocycles. The zero-order valence-electron chi connectivity index (χ0n) is 15.4. The van der Waals surface area contributed by atoms with Crippen LogP contribution >= 0.6 is 23.2 Å². The summed E-state index contributed by atoms with van der Waals surface area (Å²) in [5.41, 5.74) is 2.53. The van der Waals surface area contributed by atoms with E-state index in [-0.39, 0.29) is 40.8 Å². The Balaban J connectivity index is 1.73. The van der Waals surface area contributed by atoms with Crippen LogP contribution in [0.25, 0.3) is 0 Å². The normalized spacial score (nSPS) is 20.1. The molecule has 2 atom stereocenters. The van der Waals surface area contributed by atoms with E-state index >= 15 is 0 Å². The van der Waals surface area contributed by atoms with E-state index in [1.54, 1.807) is 6.08 Å². The van der Waals surface area contributed by atoms with Crippen molar-refractivity contribution in [2.24, 2.45) is 17.3 Å². The summed E-state index contributed by atoms with van der Waals surface area (Å²) in [6.07, 6.45) is 1.15. The lowest BCUT2D eigenvalue weighted by molar-refractivity contribution is -0.123. The molecule has 0 unspecified atom stereocenters. The third-order valence-corrected chi connectivity index (χ3v) is 5.01. The summed E-state index contributed by atoms with van der Waals surface area (Å²) in [7, 11) is 0. The number of benzene rings is 1. The minimum Gasteiger partial charge on any atom is -0.447 e. The number of amides is 2. The number of aryl methyl sites for hydroxylation is 2. The third-order valence-electron chi connectivity index (χ3n) is 4.76. The molecule has 0 aromatic heterocycles. The number of halogens is 2. The average Bonchev–Trinajstić information content (AvgIpc) is 3.07. The molecule has 142 valence electrons. The molecule has 2 amide bonds. The summed E-state index contributed by atoms with van der Waals surface area (Å²) >= 11 is 11.4. The molecule has 2 rings (SSSR count). The third kappa shape index (κ3) is 5.15. The number of allylic oxidation sites excluding steroid dienone is 1. The first-order valence-electron chi connectivity index (χ1n) is 8.44. The quantitative estimate of drug-likeness (QED) is 0.690. The highest BCUT2D eigenvalue weighted by molar-refractivity contribution is 6.55. The highest BCUT2D eigenvalue weighted by atomic mass is 35.5. The summed E-state index contributed by atoms with van der Waals surface area (Å²) in [5, 5.41) is 5.49. The van der Waals surface area contributed by atoms with Crippen LogP contribution in [0.5, 0.6) is 0 Å². The van der Waals surface area contributed by atoms with Gasteiger partial charge in [-0.1, -0.05) is 49.2 Å². The van der Waals surface area contributed by atoms with Crippen molar-refractivity contribution in [2.75, 3.05) is 18.5 Å². The molecule has 1 aromatic rings. The van der Waals surface area contributed by atoms with Gasteiger partial charge in [-0.05, 0) is 48.4 Å². The molecular weight excluding hydrogens is 375 g/mol. The minimum atomic E-state index is -0.547. The van der Waals surface area contributed by atoms with Gasteiger partial charge in [0, 0.05) is 5.69 Å². The highest BCUT2D eigenvalue weighted by Crippen LogP contribution is 2.59.